The van der Waals surface area contributed by atoms with Gasteiger partial charge in [0.1, 0.15) is 6.10 Å². The molecule has 0 fully saturated rings. The number of rotatable bonds is 0. The van der Waals surface area contributed by atoms with Gasteiger partial charge in [0.25, 0.3) is 0 Å². The molecule has 1 aliphatic rings. The Kier molecular flexibility index (Phi) is 3.68. The molecule has 1 aliphatic heterocycles. The summed E-state index contributed by atoms with van der Waals surface area (Å²) in [6, 6.07) is 18.3. The van der Waals surface area contributed by atoms with Crippen molar-refractivity contribution >= 4 is 15.9 Å². The first-order valence-corrected chi connectivity index (χ1v) is 7.16. The van der Waals surface area contributed by atoms with Crippen molar-refractivity contribution in [2.24, 2.45) is 0 Å². The van der Waals surface area contributed by atoms with E-state index in [0.29, 0.717) is 6.61 Å². The lowest BCUT2D eigenvalue weighted by Crippen LogP contribution is -2.23. The first-order chi connectivity index (χ1) is 9.34. The van der Waals surface area contributed by atoms with Crippen LogP contribution in [0, 0.1) is 11.8 Å². The Morgan fingerprint density at radius 3 is 2.58 bits per heavy atom. The van der Waals surface area contributed by atoms with Crippen molar-refractivity contribution in [3.8, 4) is 11.8 Å². The average molecular weight is 313 g/mol. The zero-order valence-electron chi connectivity index (χ0n) is 10.3. The lowest BCUT2D eigenvalue weighted by molar-refractivity contribution is 0.0648. The van der Waals surface area contributed by atoms with Crippen LogP contribution in [0.5, 0.6) is 0 Å². The second kappa shape index (κ2) is 5.61. The van der Waals surface area contributed by atoms with E-state index in [1.54, 1.807) is 0 Å². The summed E-state index contributed by atoms with van der Waals surface area (Å²) in [4.78, 5) is 0.133. The van der Waals surface area contributed by atoms with E-state index in [1.807, 2.05) is 36.4 Å². The average Bonchev–Trinajstić information content (AvgIpc) is 2.48. The molecule has 2 aromatic carbocycles. The fourth-order valence-electron chi connectivity index (χ4n) is 2.15. The Bertz CT molecular complexity index is 624. The molecule has 0 N–H and O–H groups in total. The molecule has 0 spiro atoms. The predicted molar refractivity (Wildman–Crippen MR) is 80.0 cm³/mol. The van der Waals surface area contributed by atoms with Crippen molar-refractivity contribution in [3.05, 3.63) is 71.3 Å². The summed E-state index contributed by atoms with van der Waals surface area (Å²) in [6.45, 7) is 0.631. The van der Waals surface area contributed by atoms with Crippen LogP contribution in [0.1, 0.15) is 21.5 Å². The van der Waals surface area contributed by atoms with Gasteiger partial charge in [-0.2, -0.15) is 0 Å². The first-order valence-electron chi connectivity index (χ1n) is 6.24. The van der Waals surface area contributed by atoms with Gasteiger partial charge < -0.3 is 4.74 Å². The Labute approximate surface area is 121 Å². The van der Waals surface area contributed by atoms with Crippen LogP contribution in [0.2, 0.25) is 0 Å². The zero-order chi connectivity index (χ0) is 13.1. The number of hydrogen-bond acceptors (Lipinski definition) is 1. The van der Waals surface area contributed by atoms with Gasteiger partial charge >= 0.3 is 0 Å². The number of fused-ring (bicyclic) bond motifs is 1. The fraction of sp³-hybridized carbons (Fsp3) is 0.176. The number of ether oxygens (including phenoxy) is 1. The van der Waals surface area contributed by atoms with Crippen LogP contribution in [0.15, 0.2) is 54.6 Å². The summed E-state index contributed by atoms with van der Waals surface area (Å²) in [5, 5.41) is 0. The van der Waals surface area contributed by atoms with Gasteiger partial charge in [-0.15, -0.1) is 0 Å². The molecule has 3 rings (SSSR count). The molecular weight excluding hydrogens is 300 g/mol. The van der Waals surface area contributed by atoms with Crippen molar-refractivity contribution in [3.63, 3.8) is 0 Å². The van der Waals surface area contributed by atoms with Gasteiger partial charge in [0.05, 0.1) is 11.4 Å². The molecule has 0 unspecified atom stereocenters. The molecule has 1 nitrogen and oxygen atoms in total. The summed E-state index contributed by atoms with van der Waals surface area (Å²) in [7, 11) is 0. The van der Waals surface area contributed by atoms with E-state index in [-0.39, 0.29) is 10.9 Å². The van der Waals surface area contributed by atoms with Crippen LogP contribution < -0.4 is 0 Å². The van der Waals surface area contributed by atoms with Gasteiger partial charge in [0.15, 0.2) is 0 Å². The van der Waals surface area contributed by atoms with Gasteiger partial charge in [-0.05, 0) is 23.3 Å². The lowest BCUT2D eigenvalue weighted by Gasteiger charge is -2.26. The molecule has 0 saturated heterocycles. The van der Waals surface area contributed by atoms with Crippen molar-refractivity contribution in [2.45, 2.75) is 17.5 Å². The third-order valence-corrected chi connectivity index (χ3v) is 4.14. The number of benzene rings is 2. The van der Waals surface area contributed by atoms with E-state index >= 15 is 0 Å². The van der Waals surface area contributed by atoms with Crippen molar-refractivity contribution < 1.29 is 4.74 Å². The Morgan fingerprint density at radius 1 is 1.00 bits per heavy atom. The Hall–Kier alpha value is -1.56. The van der Waals surface area contributed by atoms with E-state index in [2.05, 4.69) is 46.0 Å². The second-order valence-electron chi connectivity index (χ2n) is 4.47. The van der Waals surface area contributed by atoms with E-state index in [1.165, 1.54) is 11.1 Å². The minimum atomic E-state index is -0.102. The highest BCUT2D eigenvalue weighted by Crippen LogP contribution is 2.35. The molecule has 94 valence electrons. The summed E-state index contributed by atoms with van der Waals surface area (Å²) in [5.74, 6) is 6.38. The van der Waals surface area contributed by atoms with Crippen LogP contribution in [0.4, 0.5) is 0 Å². The Morgan fingerprint density at radius 2 is 1.74 bits per heavy atom. The van der Waals surface area contributed by atoms with Crippen molar-refractivity contribution in [1.82, 2.24) is 0 Å². The van der Waals surface area contributed by atoms with Crippen molar-refractivity contribution in [2.75, 3.05) is 0 Å². The SMILES string of the molecule is Br[C@H]1c2ccccc2CO[C@@H]1C#Cc1ccccc1. The standard InChI is InChI=1S/C17H13BrO/c18-17-15-9-5-4-8-14(15)12-19-16(17)11-10-13-6-2-1-3-7-13/h1-9,16-17H,12H2/t16-,17+/m1/s1. The molecule has 0 aromatic heterocycles. The van der Waals surface area contributed by atoms with Crippen LogP contribution in [0.25, 0.3) is 0 Å². The largest absolute Gasteiger partial charge is 0.359 e. The zero-order valence-corrected chi connectivity index (χ0v) is 11.9. The maximum Gasteiger partial charge on any atom is 0.135 e. The molecule has 19 heavy (non-hydrogen) atoms. The summed E-state index contributed by atoms with van der Waals surface area (Å²) in [6.07, 6.45) is -0.102. The number of halogens is 1. The minimum Gasteiger partial charge on any atom is -0.359 e. The lowest BCUT2D eigenvalue weighted by atomic mass is 9.99. The van der Waals surface area contributed by atoms with Gasteiger partial charge in [-0.3, -0.25) is 0 Å². The van der Waals surface area contributed by atoms with Gasteiger partial charge in [-0.1, -0.05) is 70.2 Å². The smallest absolute Gasteiger partial charge is 0.135 e. The molecule has 2 heteroatoms. The second-order valence-corrected chi connectivity index (χ2v) is 5.45. The highest BCUT2D eigenvalue weighted by molar-refractivity contribution is 9.09. The molecule has 0 bridgehead atoms. The van der Waals surface area contributed by atoms with E-state index in [4.69, 9.17) is 4.74 Å². The molecule has 2 aromatic rings. The maximum atomic E-state index is 5.82. The molecule has 0 aliphatic carbocycles. The first kappa shape index (κ1) is 12.5. The summed E-state index contributed by atoms with van der Waals surface area (Å²) >= 11 is 3.70. The van der Waals surface area contributed by atoms with Crippen LogP contribution in [-0.4, -0.2) is 6.10 Å². The monoisotopic (exact) mass is 312 g/mol. The van der Waals surface area contributed by atoms with Crippen LogP contribution in [0.3, 0.4) is 0 Å². The maximum absolute atomic E-state index is 5.82. The number of alkyl halides is 1. The minimum absolute atomic E-state index is 0.102. The molecule has 0 amide bonds. The van der Waals surface area contributed by atoms with Crippen LogP contribution in [-0.2, 0) is 11.3 Å². The van der Waals surface area contributed by atoms with E-state index in [0.717, 1.165) is 5.56 Å². The fourth-order valence-corrected chi connectivity index (χ4v) is 2.88. The third-order valence-electron chi connectivity index (χ3n) is 3.17. The quantitative estimate of drug-likeness (QED) is 0.526. The predicted octanol–water partition coefficient (Wildman–Crippen LogP) is 4.07. The van der Waals surface area contributed by atoms with Gasteiger partial charge in [0, 0.05) is 5.56 Å². The third kappa shape index (κ3) is 2.73. The van der Waals surface area contributed by atoms with Gasteiger partial charge in [-0.25, -0.2) is 0 Å². The normalized spacial score (nSPS) is 21.1. The molecule has 0 saturated carbocycles. The molecular formula is C17H13BrO. The highest BCUT2D eigenvalue weighted by Gasteiger charge is 2.26. The van der Waals surface area contributed by atoms with Crippen molar-refractivity contribution in [1.29, 1.82) is 0 Å². The van der Waals surface area contributed by atoms with E-state index < -0.39 is 0 Å². The molecule has 0 radical (unpaired) electrons. The van der Waals surface area contributed by atoms with Gasteiger partial charge in [0.2, 0.25) is 0 Å². The molecule has 2 atom stereocenters. The van der Waals surface area contributed by atoms with E-state index in [9.17, 15) is 0 Å². The molecule has 1 heterocycles. The highest BCUT2D eigenvalue weighted by atomic mass is 79.9. The summed E-state index contributed by atoms with van der Waals surface area (Å²) in [5.41, 5.74) is 3.54. The number of hydrogen-bond donors (Lipinski definition) is 0. The Balaban J connectivity index is 1.84. The van der Waals surface area contributed by atoms with Crippen LogP contribution >= 0.6 is 15.9 Å². The summed E-state index contributed by atoms with van der Waals surface area (Å²) < 4.78 is 5.82. The topological polar surface area (TPSA) is 9.23 Å².